The molecule has 4 aliphatic rings. The highest BCUT2D eigenvalue weighted by atomic mass is 16.6. The van der Waals surface area contributed by atoms with Crippen molar-refractivity contribution in [1.29, 1.82) is 0 Å². The molecule has 7 nitrogen and oxygen atoms in total. The zero-order chi connectivity index (χ0) is 17.6. The molecule has 1 aromatic heterocycles. The molecule has 7 heteroatoms. The van der Waals surface area contributed by atoms with Crippen molar-refractivity contribution in [3.63, 3.8) is 0 Å². The summed E-state index contributed by atoms with van der Waals surface area (Å²) in [6.07, 6.45) is 10.6. The van der Waals surface area contributed by atoms with Crippen LogP contribution in [-0.4, -0.2) is 52.9 Å². The summed E-state index contributed by atoms with van der Waals surface area (Å²) >= 11 is 0. The Bertz CT molecular complexity index is 658. The van der Waals surface area contributed by atoms with Crippen molar-refractivity contribution in [3.8, 4) is 0 Å². The van der Waals surface area contributed by atoms with Gasteiger partial charge in [-0.3, -0.25) is 4.79 Å². The van der Waals surface area contributed by atoms with E-state index in [-0.39, 0.29) is 30.3 Å². The standard InChI is InChI=1S/C19H26N4O3/c24-17(15-5-4-14(26-15)13-3-1-8-25-13)22-12-9-19(10-12)11-16(19)23-18-20-6-2-7-21-18/h2,6-7,12-16H,1,3-5,8-11H2,(H,22,24)(H,20,21,23). The number of ether oxygens (including phenoxy) is 2. The third kappa shape index (κ3) is 3.07. The minimum absolute atomic E-state index is 0.0573. The van der Waals surface area contributed by atoms with Crippen LogP contribution in [0.3, 0.4) is 0 Å². The van der Waals surface area contributed by atoms with Gasteiger partial charge in [0.2, 0.25) is 11.9 Å². The van der Waals surface area contributed by atoms with E-state index in [0.29, 0.717) is 17.4 Å². The summed E-state index contributed by atoms with van der Waals surface area (Å²) in [4.78, 5) is 20.9. The monoisotopic (exact) mass is 358 g/mol. The molecule has 2 saturated heterocycles. The van der Waals surface area contributed by atoms with Gasteiger partial charge >= 0.3 is 0 Å². The molecule has 0 bridgehead atoms. The van der Waals surface area contributed by atoms with Gasteiger partial charge in [-0.1, -0.05) is 0 Å². The molecule has 4 fully saturated rings. The smallest absolute Gasteiger partial charge is 0.249 e. The van der Waals surface area contributed by atoms with Gasteiger partial charge in [0, 0.05) is 31.1 Å². The van der Waals surface area contributed by atoms with E-state index in [1.54, 1.807) is 12.4 Å². The summed E-state index contributed by atoms with van der Waals surface area (Å²) in [7, 11) is 0. The van der Waals surface area contributed by atoms with Crippen LogP contribution >= 0.6 is 0 Å². The third-order valence-electron chi connectivity index (χ3n) is 6.44. The molecular formula is C19H26N4O3. The summed E-state index contributed by atoms with van der Waals surface area (Å²) in [5.74, 6) is 0.753. The van der Waals surface area contributed by atoms with Crippen molar-refractivity contribution < 1.29 is 14.3 Å². The molecule has 1 aromatic rings. The minimum atomic E-state index is -0.299. The van der Waals surface area contributed by atoms with E-state index in [9.17, 15) is 4.79 Å². The predicted molar refractivity (Wildman–Crippen MR) is 94.5 cm³/mol. The van der Waals surface area contributed by atoms with E-state index in [1.165, 1.54) is 0 Å². The molecule has 4 atom stereocenters. The van der Waals surface area contributed by atoms with E-state index < -0.39 is 0 Å². The van der Waals surface area contributed by atoms with E-state index in [1.807, 2.05) is 6.07 Å². The number of nitrogens with zero attached hydrogens (tertiary/aromatic N) is 2. The molecule has 3 heterocycles. The average Bonchev–Trinajstić information content (AvgIpc) is 3.03. The maximum atomic E-state index is 12.5. The number of nitrogens with one attached hydrogen (secondary N) is 2. The molecule has 1 amide bonds. The normalized spacial score (nSPS) is 41.0. The number of aromatic nitrogens is 2. The summed E-state index contributed by atoms with van der Waals surface area (Å²) in [5, 5.41) is 6.59. The van der Waals surface area contributed by atoms with E-state index in [4.69, 9.17) is 9.47 Å². The van der Waals surface area contributed by atoms with E-state index >= 15 is 0 Å². The van der Waals surface area contributed by atoms with E-state index in [0.717, 1.165) is 51.6 Å². The first kappa shape index (κ1) is 16.4. The summed E-state index contributed by atoms with van der Waals surface area (Å²) in [5.41, 5.74) is 0.327. The van der Waals surface area contributed by atoms with Crippen LogP contribution in [0.1, 0.15) is 44.9 Å². The Morgan fingerprint density at radius 3 is 2.73 bits per heavy atom. The van der Waals surface area contributed by atoms with Gasteiger partial charge in [0.1, 0.15) is 6.10 Å². The van der Waals surface area contributed by atoms with Crippen molar-refractivity contribution in [2.45, 2.75) is 75.3 Å². The highest BCUT2D eigenvalue weighted by Gasteiger charge is 2.62. The van der Waals surface area contributed by atoms with Gasteiger partial charge in [0.25, 0.3) is 0 Å². The average molecular weight is 358 g/mol. The molecule has 26 heavy (non-hydrogen) atoms. The molecule has 2 N–H and O–H groups in total. The Kier molecular flexibility index (Phi) is 4.09. The summed E-state index contributed by atoms with van der Waals surface area (Å²) in [6, 6.07) is 2.53. The molecule has 2 aliphatic carbocycles. The number of anilines is 1. The second kappa shape index (κ2) is 6.46. The van der Waals surface area contributed by atoms with Crippen LogP contribution in [0, 0.1) is 5.41 Å². The largest absolute Gasteiger partial charge is 0.376 e. The minimum Gasteiger partial charge on any atom is -0.376 e. The Labute approximate surface area is 153 Å². The van der Waals surface area contributed by atoms with Crippen LogP contribution in [0.2, 0.25) is 0 Å². The van der Waals surface area contributed by atoms with Gasteiger partial charge < -0.3 is 20.1 Å². The van der Waals surface area contributed by atoms with Gasteiger partial charge in [-0.2, -0.15) is 0 Å². The maximum Gasteiger partial charge on any atom is 0.249 e. The van der Waals surface area contributed by atoms with Crippen LogP contribution in [0.25, 0.3) is 0 Å². The fraction of sp³-hybridized carbons (Fsp3) is 0.737. The zero-order valence-corrected chi connectivity index (χ0v) is 14.9. The number of hydrogen-bond donors (Lipinski definition) is 2. The van der Waals surface area contributed by atoms with Crippen molar-refractivity contribution in [3.05, 3.63) is 18.5 Å². The quantitative estimate of drug-likeness (QED) is 0.833. The lowest BCUT2D eigenvalue weighted by molar-refractivity contribution is -0.136. The van der Waals surface area contributed by atoms with Gasteiger partial charge in [0.05, 0.1) is 12.2 Å². The lowest BCUT2D eigenvalue weighted by Gasteiger charge is -2.38. The number of amides is 1. The Hall–Kier alpha value is -1.73. The third-order valence-corrected chi connectivity index (χ3v) is 6.44. The lowest BCUT2D eigenvalue weighted by atomic mass is 9.76. The maximum absolute atomic E-state index is 12.5. The highest BCUT2D eigenvalue weighted by molar-refractivity contribution is 5.81. The molecule has 4 unspecified atom stereocenters. The second-order valence-corrected chi connectivity index (χ2v) is 8.24. The Morgan fingerprint density at radius 1 is 1.12 bits per heavy atom. The van der Waals surface area contributed by atoms with E-state index in [2.05, 4.69) is 20.6 Å². The topological polar surface area (TPSA) is 85.4 Å². The van der Waals surface area contributed by atoms with Gasteiger partial charge in [-0.15, -0.1) is 0 Å². The van der Waals surface area contributed by atoms with Crippen molar-refractivity contribution >= 4 is 11.9 Å². The number of rotatable bonds is 5. The first-order valence-electron chi connectivity index (χ1n) is 9.83. The molecule has 140 valence electrons. The lowest BCUT2D eigenvalue weighted by Crippen LogP contribution is -2.50. The first-order valence-corrected chi connectivity index (χ1v) is 9.83. The van der Waals surface area contributed by atoms with Crippen molar-refractivity contribution in [2.24, 2.45) is 5.41 Å². The van der Waals surface area contributed by atoms with Crippen LogP contribution in [0.15, 0.2) is 18.5 Å². The predicted octanol–water partition coefficient (Wildman–Crippen LogP) is 1.65. The molecule has 2 aliphatic heterocycles. The molecule has 1 spiro atoms. The second-order valence-electron chi connectivity index (χ2n) is 8.24. The molecular weight excluding hydrogens is 332 g/mol. The summed E-state index contributed by atoms with van der Waals surface area (Å²) in [6.45, 7) is 0.828. The Balaban J connectivity index is 1.06. The molecule has 0 radical (unpaired) electrons. The van der Waals surface area contributed by atoms with Gasteiger partial charge in [-0.25, -0.2) is 9.97 Å². The first-order chi connectivity index (χ1) is 12.7. The number of carbonyl (C=O) groups excluding carboxylic acids is 1. The number of carbonyl (C=O) groups is 1. The van der Waals surface area contributed by atoms with Gasteiger partial charge in [0.15, 0.2) is 0 Å². The zero-order valence-electron chi connectivity index (χ0n) is 14.9. The van der Waals surface area contributed by atoms with Crippen molar-refractivity contribution in [1.82, 2.24) is 15.3 Å². The Morgan fingerprint density at radius 2 is 1.96 bits per heavy atom. The van der Waals surface area contributed by atoms with Crippen LogP contribution < -0.4 is 10.6 Å². The molecule has 0 aromatic carbocycles. The van der Waals surface area contributed by atoms with Crippen molar-refractivity contribution in [2.75, 3.05) is 11.9 Å². The van der Waals surface area contributed by atoms with Crippen LogP contribution in [-0.2, 0) is 14.3 Å². The number of hydrogen-bond acceptors (Lipinski definition) is 6. The SMILES string of the molecule is O=C(NC1CC2(C1)CC2Nc1ncccn1)C1CCC(C2CCCO2)O1. The fourth-order valence-corrected chi connectivity index (χ4v) is 4.88. The molecule has 5 rings (SSSR count). The van der Waals surface area contributed by atoms with Gasteiger partial charge in [-0.05, 0) is 56.4 Å². The van der Waals surface area contributed by atoms with Crippen LogP contribution in [0.5, 0.6) is 0 Å². The fourth-order valence-electron chi connectivity index (χ4n) is 4.88. The highest BCUT2D eigenvalue weighted by Crippen LogP contribution is 2.61. The van der Waals surface area contributed by atoms with Crippen LogP contribution in [0.4, 0.5) is 5.95 Å². The summed E-state index contributed by atoms with van der Waals surface area (Å²) < 4.78 is 11.7. The molecule has 2 saturated carbocycles.